The van der Waals surface area contributed by atoms with Crippen LogP contribution in [-0.2, 0) is 7.05 Å². The van der Waals surface area contributed by atoms with Gasteiger partial charge in [0.2, 0.25) is 0 Å². The fourth-order valence-electron chi connectivity index (χ4n) is 1.44. The summed E-state index contributed by atoms with van der Waals surface area (Å²) in [6, 6.07) is 0. The number of hydrogen-bond acceptors (Lipinski definition) is 2. The van der Waals surface area contributed by atoms with Gasteiger partial charge in [0, 0.05) is 32.7 Å². The highest BCUT2D eigenvalue weighted by atomic mass is 35.5. The molecule has 0 atom stereocenters. The van der Waals surface area contributed by atoms with Gasteiger partial charge in [-0.2, -0.15) is 0 Å². The maximum absolute atomic E-state index is 11.8. The lowest BCUT2D eigenvalue weighted by atomic mass is 10.2. The quantitative estimate of drug-likeness (QED) is 0.565. The smallest absolute Gasteiger partial charge is 0.273 e. The molecule has 0 bridgehead atoms. The average Bonchev–Trinajstić information content (AvgIpc) is 2.70. The van der Waals surface area contributed by atoms with Gasteiger partial charge >= 0.3 is 0 Å². The number of alkyl halides is 1. The van der Waals surface area contributed by atoms with Gasteiger partial charge in [-0.3, -0.25) is 4.79 Å². The van der Waals surface area contributed by atoms with Gasteiger partial charge in [-0.05, 0) is 12.8 Å². The second kappa shape index (κ2) is 6.53. The average molecular weight is 244 g/mol. The lowest BCUT2D eigenvalue weighted by molar-refractivity contribution is 0.0787. The zero-order valence-corrected chi connectivity index (χ0v) is 10.6. The van der Waals surface area contributed by atoms with Crippen LogP contribution in [0.1, 0.15) is 29.8 Å². The Labute approximate surface area is 101 Å². The summed E-state index contributed by atoms with van der Waals surface area (Å²) in [5.74, 6) is 0.671. The SMILES string of the molecule is CN(CCCCCCl)C(=O)c1cn(C)cn1. The highest BCUT2D eigenvalue weighted by Gasteiger charge is 2.13. The molecule has 5 heteroatoms. The third-order valence-corrected chi connectivity index (χ3v) is 2.67. The van der Waals surface area contributed by atoms with Crippen molar-refractivity contribution >= 4 is 17.5 Å². The van der Waals surface area contributed by atoms with E-state index in [-0.39, 0.29) is 5.91 Å². The van der Waals surface area contributed by atoms with Crippen LogP contribution in [-0.4, -0.2) is 39.8 Å². The van der Waals surface area contributed by atoms with Crippen molar-refractivity contribution in [2.45, 2.75) is 19.3 Å². The third kappa shape index (κ3) is 3.85. The van der Waals surface area contributed by atoms with Gasteiger partial charge in [0.1, 0.15) is 5.69 Å². The highest BCUT2D eigenvalue weighted by molar-refractivity contribution is 6.17. The van der Waals surface area contributed by atoms with Crippen molar-refractivity contribution in [3.05, 3.63) is 18.2 Å². The fraction of sp³-hybridized carbons (Fsp3) is 0.636. The van der Waals surface area contributed by atoms with E-state index in [9.17, 15) is 4.79 Å². The Morgan fingerprint density at radius 2 is 2.25 bits per heavy atom. The first kappa shape index (κ1) is 13.0. The van der Waals surface area contributed by atoms with Crippen molar-refractivity contribution in [2.75, 3.05) is 19.5 Å². The molecule has 0 aliphatic carbocycles. The molecular formula is C11H18ClN3O. The number of rotatable bonds is 6. The van der Waals surface area contributed by atoms with E-state index in [1.54, 1.807) is 29.0 Å². The lowest BCUT2D eigenvalue weighted by Crippen LogP contribution is -2.28. The van der Waals surface area contributed by atoms with Crippen molar-refractivity contribution in [2.24, 2.45) is 7.05 Å². The summed E-state index contributed by atoms with van der Waals surface area (Å²) in [6.45, 7) is 0.756. The molecule has 1 rings (SSSR count). The fourth-order valence-corrected chi connectivity index (χ4v) is 1.63. The molecule has 0 saturated carbocycles. The standard InChI is InChI=1S/C11H18ClN3O/c1-14-8-10(13-9-14)11(16)15(2)7-5-3-4-6-12/h8-9H,3-7H2,1-2H3. The minimum atomic E-state index is -0.0218. The van der Waals surface area contributed by atoms with E-state index in [0.29, 0.717) is 11.6 Å². The summed E-state index contributed by atoms with van der Waals surface area (Å²) in [7, 11) is 3.65. The molecule has 1 heterocycles. The zero-order chi connectivity index (χ0) is 12.0. The summed E-state index contributed by atoms with van der Waals surface area (Å²) >= 11 is 5.58. The molecule has 0 fully saturated rings. The van der Waals surface area contributed by atoms with Crippen LogP contribution in [0, 0.1) is 0 Å². The lowest BCUT2D eigenvalue weighted by Gasteiger charge is -2.15. The van der Waals surface area contributed by atoms with E-state index in [1.165, 1.54) is 0 Å². The van der Waals surface area contributed by atoms with E-state index in [1.807, 2.05) is 7.05 Å². The molecule has 1 aromatic heterocycles. The second-order valence-corrected chi connectivity index (χ2v) is 4.28. The van der Waals surface area contributed by atoms with Crippen LogP contribution in [0.3, 0.4) is 0 Å². The maximum Gasteiger partial charge on any atom is 0.273 e. The first-order valence-corrected chi connectivity index (χ1v) is 5.98. The number of amides is 1. The van der Waals surface area contributed by atoms with E-state index in [2.05, 4.69) is 4.98 Å². The van der Waals surface area contributed by atoms with Gasteiger partial charge in [0.15, 0.2) is 0 Å². The Morgan fingerprint density at radius 1 is 1.50 bits per heavy atom. The van der Waals surface area contributed by atoms with Crippen molar-refractivity contribution in [1.82, 2.24) is 14.5 Å². The van der Waals surface area contributed by atoms with Crippen LogP contribution in [0.25, 0.3) is 0 Å². The maximum atomic E-state index is 11.8. The van der Waals surface area contributed by atoms with Crippen molar-refractivity contribution < 1.29 is 4.79 Å². The monoisotopic (exact) mass is 243 g/mol. The van der Waals surface area contributed by atoms with Crippen LogP contribution in [0.5, 0.6) is 0 Å². The number of hydrogen-bond donors (Lipinski definition) is 0. The number of carbonyl (C=O) groups is 1. The summed E-state index contributed by atoms with van der Waals surface area (Å²) in [5.41, 5.74) is 0.502. The molecular weight excluding hydrogens is 226 g/mol. The van der Waals surface area contributed by atoms with Gasteiger partial charge in [-0.15, -0.1) is 11.6 Å². The van der Waals surface area contributed by atoms with Crippen LogP contribution < -0.4 is 0 Å². The van der Waals surface area contributed by atoms with E-state index in [4.69, 9.17) is 11.6 Å². The molecule has 4 nitrogen and oxygen atoms in total. The van der Waals surface area contributed by atoms with Gasteiger partial charge < -0.3 is 9.47 Å². The molecule has 0 radical (unpaired) electrons. The van der Waals surface area contributed by atoms with Crippen LogP contribution >= 0.6 is 11.6 Å². The molecule has 90 valence electrons. The van der Waals surface area contributed by atoms with Crippen molar-refractivity contribution in [3.63, 3.8) is 0 Å². The largest absolute Gasteiger partial charge is 0.340 e. The topological polar surface area (TPSA) is 38.1 Å². The Bertz CT molecular complexity index is 338. The van der Waals surface area contributed by atoms with E-state index in [0.717, 1.165) is 25.8 Å². The normalized spacial score (nSPS) is 10.4. The molecule has 16 heavy (non-hydrogen) atoms. The molecule has 0 saturated heterocycles. The van der Waals surface area contributed by atoms with Gasteiger partial charge in [0.05, 0.1) is 6.33 Å². The predicted octanol–water partition coefficient (Wildman–Crippen LogP) is 1.90. The number of halogens is 1. The molecule has 0 aliphatic rings. The second-order valence-electron chi connectivity index (χ2n) is 3.90. The Balaban J connectivity index is 2.36. The van der Waals surface area contributed by atoms with Crippen LogP contribution in [0.4, 0.5) is 0 Å². The van der Waals surface area contributed by atoms with Gasteiger partial charge in [-0.25, -0.2) is 4.98 Å². The zero-order valence-electron chi connectivity index (χ0n) is 9.82. The molecule has 1 amide bonds. The highest BCUT2D eigenvalue weighted by Crippen LogP contribution is 2.03. The van der Waals surface area contributed by atoms with Crippen molar-refractivity contribution in [3.8, 4) is 0 Å². The number of aromatic nitrogens is 2. The molecule has 1 aromatic rings. The van der Waals surface area contributed by atoms with E-state index >= 15 is 0 Å². The summed E-state index contributed by atoms with van der Waals surface area (Å²) in [5, 5.41) is 0. The summed E-state index contributed by atoms with van der Waals surface area (Å²) < 4.78 is 1.77. The molecule has 0 aromatic carbocycles. The molecule has 0 aliphatic heterocycles. The van der Waals surface area contributed by atoms with Gasteiger partial charge in [-0.1, -0.05) is 6.42 Å². The summed E-state index contributed by atoms with van der Waals surface area (Å²) in [6.07, 6.45) is 6.42. The molecule has 0 unspecified atom stereocenters. The number of nitrogens with zero attached hydrogens (tertiary/aromatic N) is 3. The first-order valence-electron chi connectivity index (χ1n) is 5.44. The number of carbonyl (C=O) groups excluding carboxylic acids is 1. The number of aryl methyl sites for hydroxylation is 1. The third-order valence-electron chi connectivity index (χ3n) is 2.40. The van der Waals surface area contributed by atoms with Crippen molar-refractivity contribution in [1.29, 1.82) is 0 Å². The van der Waals surface area contributed by atoms with E-state index < -0.39 is 0 Å². The Kier molecular flexibility index (Phi) is 5.32. The minimum Gasteiger partial charge on any atom is -0.340 e. The Morgan fingerprint density at radius 3 is 2.81 bits per heavy atom. The molecule has 0 spiro atoms. The molecule has 0 N–H and O–H groups in total. The minimum absolute atomic E-state index is 0.0218. The first-order chi connectivity index (χ1) is 7.65. The van der Waals surface area contributed by atoms with Crippen LogP contribution in [0.15, 0.2) is 12.5 Å². The van der Waals surface area contributed by atoms with Gasteiger partial charge in [0.25, 0.3) is 5.91 Å². The number of imidazole rings is 1. The summed E-state index contributed by atoms with van der Waals surface area (Å²) in [4.78, 5) is 17.6. The van der Waals surface area contributed by atoms with Crippen LogP contribution in [0.2, 0.25) is 0 Å². The Hall–Kier alpha value is -1.03. The predicted molar refractivity (Wildman–Crippen MR) is 64.7 cm³/mol. The number of unbranched alkanes of at least 4 members (excludes halogenated alkanes) is 2.